The molecule has 29 heavy (non-hydrogen) atoms. The van der Waals surface area contributed by atoms with Crippen molar-refractivity contribution in [2.75, 3.05) is 13.1 Å². The summed E-state index contributed by atoms with van der Waals surface area (Å²) in [4.78, 5) is 26.7. The van der Waals surface area contributed by atoms with Crippen molar-refractivity contribution < 1.29 is 22.8 Å². The van der Waals surface area contributed by atoms with Crippen molar-refractivity contribution in [1.29, 1.82) is 0 Å². The van der Waals surface area contributed by atoms with Crippen LogP contribution in [0.15, 0.2) is 24.3 Å². The van der Waals surface area contributed by atoms with E-state index in [1.165, 1.54) is 50.3 Å². The topological polar surface area (TPSA) is 49.4 Å². The van der Waals surface area contributed by atoms with E-state index in [1.807, 2.05) is 4.90 Å². The summed E-state index contributed by atoms with van der Waals surface area (Å²) in [6, 6.07) is 4.60. The van der Waals surface area contributed by atoms with Gasteiger partial charge in [0.05, 0.1) is 11.1 Å². The summed E-state index contributed by atoms with van der Waals surface area (Å²) in [5, 5.41) is 2.71. The largest absolute Gasteiger partial charge is 0.417 e. The van der Waals surface area contributed by atoms with E-state index in [-0.39, 0.29) is 17.5 Å². The number of alkyl halides is 3. The van der Waals surface area contributed by atoms with Gasteiger partial charge in [-0.15, -0.1) is 0 Å². The van der Waals surface area contributed by atoms with E-state index in [2.05, 4.69) is 5.32 Å². The maximum absolute atomic E-state index is 13.1. The van der Waals surface area contributed by atoms with E-state index in [9.17, 15) is 22.8 Å². The fraction of sp³-hybridized carbons (Fsp3) is 0.636. The van der Waals surface area contributed by atoms with Crippen LogP contribution in [-0.2, 0) is 11.0 Å². The molecule has 1 N–H and O–H groups in total. The van der Waals surface area contributed by atoms with Gasteiger partial charge in [-0.2, -0.15) is 13.2 Å². The molecule has 1 aromatic rings. The summed E-state index contributed by atoms with van der Waals surface area (Å²) in [5.41, 5.74) is -1.28. The van der Waals surface area contributed by atoms with Gasteiger partial charge in [0.2, 0.25) is 5.91 Å². The highest BCUT2D eigenvalue weighted by Crippen LogP contribution is 2.32. The molecule has 0 unspecified atom stereocenters. The molecular formula is C22H29F3N2O2. The maximum Gasteiger partial charge on any atom is 0.417 e. The zero-order valence-electron chi connectivity index (χ0n) is 16.6. The van der Waals surface area contributed by atoms with Crippen molar-refractivity contribution >= 4 is 11.8 Å². The lowest BCUT2D eigenvalue weighted by molar-refractivity contribution is -0.138. The first-order valence-electron chi connectivity index (χ1n) is 10.6. The SMILES string of the molecule is O=C(NC1CCN(C(=O)CCC2CCCCC2)CC1)c1ccccc1C(F)(F)F. The number of nitrogens with one attached hydrogen (secondary N) is 1. The molecule has 2 fully saturated rings. The number of amides is 2. The van der Waals surface area contributed by atoms with Crippen LogP contribution in [0.5, 0.6) is 0 Å². The van der Waals surface area contributed by atoms with Gasteiger partial charge >= 0.3 is 6.18 Å². The predicted molar refractivity (Wildman–Crippen MR) is 104 cm³/mol. The van der Waals surface area contributed by atoms with Gasteiger partial charge in [0.1, 0.15) is 0 Å². The second-order valence-corrected chi connectivity index (χ2v) is 8.21. The monoisotopic (exact) mass is 410 g/mol. The summed E-state index contributed by atoms with van der Waals surface area (Å²) in [6.07, 6.45) is 4.36. The smallest absolute Gasteiger partial charge is 0.349 e. The zero-order valence-corrected chi connectivity index (χ0v) is 16.6. The molecule has 1 saturated carbocycles. The Morgan fingerprint density at radius 3 is 2.31 bits per heavy atom. The van der Waals surface area contributed by atoms with Gasteiger partial charge in [0.25, 0.3) is 5.91 Å². The Balaban J connectivity index is 1.46. The van der Waals surface area contributed by atoms with Crippen LogP contribution >= 0.6 is 0 Å². The molecule has 0 spiro atoms. The number of benzene rings is 1. The Morgan fingerprint density at radius 1 is 1.00 bits per heavy atom. The number of rotatable bonds is 5. The molecule has 0 aromatic heterocycles. The summed E-state index contributed by atoms with van der Waals surface area (Å²) < 4.78 is 39.3. The number of hydrogen-bond donors (Lipinski definition) is 1. The molecule has 7 heteroatoms. The summed E-state index contributed by atoms with van der Waals surface area (Å²) in [6.45, 7) is 1.07. The van der Waals surface area contributed by atoms with Crippen molar-refractivity contribution in [3.63, 3.8) is 0 Å². The van der Waals surface area contributed by atoms with E-state index in [0.717, 1.165) is 12.5 Å². The van der Waals surface area contributed by atoms with Gasteiger partial charge in [0, 0.05) is 25.6 Å². The van der Waals surface area contributed by atoms with Crippen molar-refractivity contribution in [3.8, 4) is 0 Å². The second-order valence-electron chi connectivity index (χ2n) is 8.21. The van der Waals surface area contributed by atoms with E-state index >= 15 is 0 Å². The average Bonchev–Trinajstić information content (AvgIpc) is 2.72. The van der Waals surface area contributed by atoms with Crippen molar-refractivity contribution in [3.05, 3.63) is 35.4 Å². The second kappa shape index (κ2) is 9.63. The predicted octanol–water partition coefficient (Wildman–Crippen LogP) is 4.79. The molecule has 2 amide bonds. The molecule has 4 nitrogen and oxygen atoms in total. The Labute approximate surface area is 169 Å². The number of carbonyl (C=O) groups excluding carboxylic acids is 2. The van der Waals surface area contributed by atoms with Gasteiger partial charge in [-0.05, 0) is 37.3 Å². The Morgan fingerprint density at radius 2 is 1.66 bits per heavy atom. The van der Waals surface area contributed by atoms with E-state index in [1.54, 1.807) is 0 Å². The third kappa shape index (κ3) is 5.97. The van der Waals surface area contributed by atoms with Crippen LogP contribution in [0.1, 0.15) is 73.7 Å². The lowest BCUT2D eigenvalue weighted by atomic mass is 9.86. The number of piperidine rings is 1. The van der Waals surface area contributed by atoms with Crippen LogP contribution < -0.4 is 5.32 Å². The molecule has 0 radical (unpaired) electrons. The van der Waals surface area contributed by atoms with Crippen LogP contribution in [0.3, 0.4) is 0 Å². The summed E-state index contributed by atoms with van der Waals surface area (Å²) in [5.74, 6) is 0.112. The van der Waals surface area contributed by atoms with Gasteiger partial charge in [-0.3, -0.25) is 9.59 Å². The molecule has 1 aliphatic heterocycles. The number of hydrogen-bond acceptors (Lipinski definition) is 2. The molecule has 1 saturated heterocycles. The molecule has 1 heterocycles. The minimum atomic E-state index is -4.57. The molecule has 3 rings (SSSR count). The Kier molecular flexibility index (Phi) is 7.19. The van der Waals surface area contributed by atoms with Crippen LogP contribution in [-0.4, -0.2) is 35.8 Å². The molecule has 160 valence electrons. The molecule has 1 aliphatic carbocycles. The van der Waals surface area contributed by atoms with Crippen molar-refractivity contribution in [1.82, 2.24) is 10.2 Å². The first-order valence-corrected chi connectivity index (χ1v) is 10.6. The Hall–Kier alpha value is -2.05. The highest BCUT2D eigenvalue weighted by Gasteiger charge is 2.35. The van der Waals surface area contributed by atoms with Gasteiger partial charge in [-0.25, -0.2) is 0 Å². The van der Waals surface area contributed by atoms with Crippen molar-refractivity contribution in [2.45, 2.75) is 70.0 Å². The minimum absolute atomic E-state index is 0.155. The highest BCUT2D eigenvalue weighted by atomic mass is 19.4. The van der Waals surface area contributed by atoms with Gasteiger partial charge < -0.3 is 10.2 Å². The van der Waals surface area contributed by atoms with Crippen LogP contribution in [0.4, 0.5) is 13.2 Å². The first kappa shape index (κ1) is 21.7. The Bertz CT molecular complexity index is 706. The van der Waals surface area contributed by atoms with E-state index < -0.39 is 17.6 Å². The zero-order chi connectivity index (χ0) is 20.9. The van der Waals surface area contributed by atoms with E-state index in [0.29, 0.717) is 38.3 Å². The molecule has 2 aliphatic rings. The maximum atomic E-state index is 13.1. The quantitative estimate of drug-likeness (QED) is 0.759. The first-order chi connectivity index (χ1) is 13.8. The fourth-order valence-corrected chi connectivity index (χ4v) is 4.43. The fourth-order valence-electron chi connectivity index (χ4n) is 4.43. The van der Waals surface area contributed by atoms with E-state index in [4.69, 9.17) is 0 Å². The molecule has 0 bridgehead atoms. The van der Waals surface area contributed by atoms with Crippen LogP contribution in [0.25, 0.3) is 0 Å². The number of carbonyl (C=O) groups is 2. The third-order valence-corrected chi connectivity index (χ3v) is 6.15. The lowest BCUT2D eigenvalue weighted by Gasteiger charge is -2.33. The standard InChI is InChI=1S/C22H29F3N2O2/c23-22(24,25)19-9-5-4-8-18(19)21(29)26-17-12-14-27(15-13-17)20(28)11-10-16-6-2-1-3-7-16/h4-5,8-9,16-17H,1-3,6-7,10-15H2,(H,26,29). The normalized spacial score (nSPS) is 19.2. The summed E-state index contributed by atoms with van der Waals surface area (Å²) in [7, 11) is 0. The lowest BCUT2D eigenvalue weighted by Crippen LogP contribution is -2.46. The molecule has 1 aromatic carbocycles. The third-order valence-electron chi connectivity index (χ3n) is 6.15. The minimum Gasteiger partial charge on any atom is -0.349 e. The number of nitrogens with zero attached hydrogens (tertiary/aromatic N) is 1. The van der Waals surface area contributed by atoms with Crippen LogP contribution in [0.2, 0.25) is 0 Å². The number of likely N-dealkylation sites (tertiary alicyclic amines) is 1. The van der Waals surface area contributed by atoms with Crippen molar-refractivity contribution in [2.24, 2.45) is 5.92 Å². The van der Waals surface area contributed by atoms with Gasteiger partial charge in [0.15, 0.2) is 0 Å². The highest BCUT2D eigenvalue weighted by molar-refractivity contribution is 5.96. The van der Waals surface area contributed by atoms with Crippen LogP contribution in [0, 0.1) is 5.92 Å². The molecule has 0 atom stereocenters. The van der Waals surface area contributed by atoms with Gasteiger partial charge in [-0.1, -0.05) is 44.2 Å². The number of halogens is 3. The average molecular weight is 410 g/mol. The summed E-state index contributed by atoms with van der Waals surface area (Å²) >= 11 is 0. The molecular weight excluding hydrogens is 381 g/mol.